The lowest BCUT2D eigenvalue weighted by atomic mass is 9.96. The highest BCUT2D eigenvalue weighted by Crippen LogP contribution is 2.20. The van der Waals surface area contributed by atoms with Crippen LogP contribution in [0.15, 0.2) is 36.5 Å². The molecule has 1 fully saturated rings. The molecule has 1 aliphatic rings. The summed E-state index contributed by atoms with van der Waals surface area (Å²) in [5.74, 6) is 0.555. The molecule has 0 spiro atoms. The molecular weight excluding hydrogens is 352 g/mol. The number of anilines is 2. The van der Waals surface area contributed by atoms with E-state index in [2.05, 4.69) is 20.5 Å². The van der Waals surface area contributed by atoms with Crippen LogP contribution in [0.5, 0.6) is 0 Å². The van der Waals surface area contributed by atoms with E-state index in [1.165, 1.54) is 0 Å². The molecule has 1 aromatic heterocycles. The molecule has 1 aromatic carbocycles. The van der Waals surface area contributed by atoms with Crippen LogP contribution in [0.2, 0.25) is 0 Å². The van der Waals surface area contributed by atoms with Crippen molar-refractivity contribution < 1.29 is 9.59 Å². The molecule has 0 atom stereocenters. The lowest BCUT2D eigenvalue weighted by molar-refractivity contribution is -0.121. The predicted octanol–water partition coefficient (Wildman–Crippen LogP) is 3.30. The number of aromatic nitrogens is 1. The maximum absolute atomic E-state index is 12.5. The molecule has 2 aromatic rings. The first kappa shape index (κ1) is 20.0. The molecule has 2 N–H and O–H groups in total. The van der Waals surface area contributed by atoms with Crippen molar-refractivity contribution >= 4 is 23.3 Å². The number of aryl methyl sites for hydroxylation is 2. The van der Waals surface area contributed by atoms with Crippen molar-refractivity contribution in [2.75, 3.05) is 30.3 Å². The third-order valence-corrected chi connectivity index (χ3v) is 5.37. The van der Waals surface area contributed by atoms with Crippen LogP contribution in [0.25, 0.3) is 0 Å². The Balaban J connectivity index is 1.46. The Hall–Kier alpha value is -2.73. The van der Waals surface area contributed by atoms with E-state index < -0.39 is 0 Å². The monoisotopic (exact) mass is 380 g/mol. The Morgan fingerprint density at radius 2 is 1.86 bits per heavy atom. The minimum atomic E-state index is -0.0411. The van der Waals surface area contributed by atoms with Gasteiger partial charge in [-0.3, -0.25) is 14.5 Å². The molecule has 0 aliphatic carbocycles. The summed E-state index contributed by atoms with van der Waals surface area (Å²) in [5, 5.41) is 5.91. The van der Waals surface area contributed by atoms with Gasteiger partial charge in [-0.15, -0.1) is 0 Å². The van der Waals surface area contributed by atoms with Crippen LogP contribution in [0.4, 0.5) is 11.5 Å². The van der Waals surface area contributed by atoms with Crippen molar-refractivity contribution in [2.24, 2.45) is 5.92 Å². The molecule has 1 saturated heterocycles. The van der Waals surface area contributed by atoms with Gasteiger partial charge < -0.3 is 10.6 Å². The van der Waals surface area contributed by atoms with Gasteiger partial charge in [-0.2, -0.15) is 0 Å². The number of nitrogens with zero attached hydrogens (tertiary/aromatic N) is 2. The van der Waals surface area contributed by atoms with E-state index in [0.717, 1.165) is 48.3 Å². The molecule has 148 valence electrons. The van der Waals surface area contributed by atoms with Gasteiger partial charge in [0.05, 0.1) is 6.54 Å². The fourth-order valence-electron chi connectivity index (χ4n) is 3.47. The molecule has 3 rings (SSSR count). The molecule has 6 nitrogen and oxygen atoms in total. The minimum absolute atomic E-state index is 0.0117. The predicted molar refractivity (Wildman–Crippen MR) is 111 cm³/mol. The second-order valence-electron chi connectivity index (χ2n) is 7.55. The number of hydrogen-bond acceptors (Lipinski definition) is 4. The van der Waals surface area contributed by atoms with Gasteiger partial charge in [0.25, 0.3) is 0 Å². The van der Waals surface area contributed by atoms with Gasteiger partial charge in [0, 0.05) is 17.8 Å². The number of piperidine rings is 1. The zero-order chi connectivity index (χ0) is 20.1. The summed E-state index contributed by atoms with van der Waals surface area (Å²) in [4.78, 5) is 31.2. The standard InChI is InChI=1S/C22H28N4O2/c1-15-7-10-23-20(13-15)25-22(28)18-8-11-26(12-9-18)14-21(27)24-19-6-4-5-16(2)17(19)3/h4-7,10,13,18H,8-9,11-12,14H2,1-3H3,(H,24,27)(H,23,25,28). The average molecular weight is 380 g/mol. The summed E-state index contributed by atoms with van der Waals surface area (Å²) < 4.78 is 0. The third-order valence-electron chi connectivity index (χ3n) is 5.37. The van der Waals surface area contributed by atoms with Crippen LogP contribution in [-0.4, -0.2) is 41.3 Å². The molecule has 0 unspecified atom stereocenters. The van der Waals surface area contributed by atoms with Gasteiger partial charge in [0.1, 0.15) is 5.82 Å². The number of nitrogens with one attached hydrogen (secondary N) is 2. The summed E-state index contributed by atoms with van der Waals surface area (Å²) in [7, 11) is 0. The summed E-state index contributed by atoms with van der Waals surface area (Å²) in [6.45, 7) is 7.84. The van der Waals surface area contributed by atoms with E-state index in [1.807, 2.05) is 51.1 Å². The molecular formula is C22H28N4O2. The van der Waals surface area contributed by atoms with Gasteiger partial charge in [0.2, 0.25) is 11.8 Å². The molecule has 0 saturated carbocycles. The van der Waals surface area contributed by atoms with Gasteiger partial charge in [-0.25, -0.2) is 4.98 Å². The van der Waals surface area contributed by atoms with Gasteiger partial charge in [-0.1, -0.05) is 12.1 Å². The van der Waals surface area contributed by atoms with E-state index in [-0.39, 0.29) is 17.7 Å². The van der Waals surface area contributed by atoms with Crippen LogP contribution in [0.3, 0.4) is 0 Å². The van der Waals surface area contributed by atoms with Crippen molar-refractivity contribution in [3.63, 3.8) is 0 Å². The number of hydrogen-bond donors (Lipinski definition) is 2. The zero-order valence-corrected chi connectivity index (χ0v) is 16.8. The Morgan fingerprint density at radius 3 is 2.57 bits per heavy atom. The van der Waals surface area contributed by atoms with E-state index in [9.17, 15) is 9.59 Å². The van der Waals surface area contributed by atoms with E-state index in [4.69, 9.17) is 0 Å². The molecule has 2 heterocycles. The highest BCUT2D eigenvalue weighted by Gasteiger charge is 2.26. The largest absolute Gasteiger partial charge is 0.325 e. The average Bonchev–Trinajstić information content (AvgIpc) is 2.66. The van der Waals surface area contributed by atoms with Crippen molar-refractivity contribution in [2.45, 2.75) is 33.6 Å². The molecule has 2 amide bonds. The topological polar surface area (TPSA) is 74.3 Å². The summed E-state index contributed by atoms with van der Waals surface area (Å²) in [6.07, 6.45) is 3.19. The Kier molecular flexibility index (Phi) is 6.41. The van der Waals surface area contributed by atoms with Gasteiger partial charge in [0.15, 0.2) is 0 Å². The highest BCUT2D eigenvalue weighted by atomic mass is 16.2. The number of rotatable bonds is 5. The normalized spacial score (nSPS) is 15.2. The van der Waals surface area contributed by atoms with E-state index >= 15 is 0 Å². The van der Waals surface area contributed by atoms with Crippen LogP contribution in [0.1, 0.15) is 29.5 Å². The lowest BCUT2D eigenvalue weighted by Gasteiger charge is -2.30. The number of pyridine rings is 1. The molecule has 28 heavy (non-hydrogen) atoms. The minimum Gasteiger partial charge on any atom is -0.325 e. The van der Waals surface area contributed by atoms with Crippen molar-refractivity contribution in [3.05, 3.63) is 53.2 Å². The van der Waals surface area contributed by atoms with Crippen LogP contribution in [0, 0.1) is 26.7 Å². The van der Waals surface area contributed by atoms with E-state index in [0.29, 0.717) is 12.4 Å². The van der Waals surface area contributed by atoms with Gasteiger partial charge >= 0.3 is 0 Å². The molecule has 1 aliphatic heterocycles. The first-order chi connectivity index (χ1) is 13.4. The number of benzene rings is 1. The van der Waals surface area contributed by atoms with E-state index in [1.54, 1.807) is 6.20 Å². The van der Waals surface area contributed by atoms with Gasteiger partial charge in [-0.05, 0) is 81.6 Å². The fourth-order valence-corrected chi connectivity index (χ4v) is 3.47. The molecule has 6 heteroatoms. The second-order valence-corrected chi connectivity index (χ2v) is 7.55. The zero-order valence-electron chi connectivity index (χ0n) is 16.8. The fraction of sp³-hybridized carbons (Fsp3) is 0.409. The first-order valence-corrected chi connectivity index (χ1v) is 9.74. The first-order valence-electron chi connectivity index (χ1n) is 9.74. The molecule has 0 bridgehead atoms. The number of amides is 2. The lowest BCUT2D eigenvalue weighted by Crippen LogP contribution is -2.41. The van der Waals surface area contributed by atoms with Crippen LogP contribution < -0.4 is 10.6 Å². The molecule has 0 radical (unpaired) electrons. The highest BCUT2D eigenvalue weighted by molar-refractivity contribution is 5.93. The smallest absolute Gasteiger partial charge is 0.238 e. The third kappa shape index (κ3) is 5.16. The summed E-state index contributed by atoms with van der Waals surface area (Å²) in [6, 6.07) is 9.68. The Labute approximate surface area is 166 Å². The SMILES string of the molecule is Cc1ccnc(NC(=O)C2CCN(CC(=O)Nc3cccc(C)c3C)CC2)c1. The summed E-state index contributed by atoms with van der Waals surface area (Å²) >= 11 is 0. The quantitative estimate of drug-likeness (QED) is 0.835. The number of carbonyl (C=O) groups excluding carboxylic acids is 2. The van der Waals surface area contributed by atoms with Crippen LogP contribution >= 0.6 is 0 Å². The van der Waals surface area contributed by atoms with Crippen molar-refractivity contribution in [1.82, 2.24) is 9.88 Å². The van der Waals surface area contributed by atoms with Crippen molar-refractivity contribution in [1.29, 1.82) is 0 Å². The van der Waals surface area contributed by atoms with Crippen LogP contribution in [-0.2, 0) is 9.59 Å². The number of carbonyl (C=O) groups is 2. The second kappa shape index (κ2) is 8.97. The Bertz CT molecular complexity index is 857. The van der Waals surface area contributed by atoms with Crippen molar-refractivity contribution in [3.8, 4) is 0 Å². The summed E-state index contributed by atoms with van der Waals surface area (Å²) in [5.41, 5.74) is 4.18. The maximum Gasteiger partial charge on any atom is 0.238 e. The Morgan fingerprint density at radius 1 is 1.11 bits per heavy atom. The number of likely N-dealkylation sites (tertiary alicyclic amines) is 1. The maximum atomic E-state index is 12.5.